The second-order valence-corrected chi connectivity index (χ2v) is 10.1. The van der Waals surface area contributed by atoms with Gasteiger partial charge < -0.3 is 24.3 Å². The van der Waals surface area contributed by atoms with Crippen LogP contribution in [0.1, 0.15) is 33.6 Å². The van der Waals surface area contributed by atoms with Gasteiger partial charge in [0.1, 0.15) is 11.5 Å². The smallest absolute Gasteiger partial charge is 0.416 e. The fraction of sp³-hybridized carbons (Fsp3) is 0.273. The molecule has 0 fully saturated rings. The molecule has 0 aliphatic carbocycles. The minimum atomic E-state index is -4.52. The summed E-state index contributed by atoms with van der Waals surface area (Å²) in [5, 5.41) is 2.61. The van der Waals surface area contributed by atoms with E-state index in [0.717, 1.165) is 29.0 Å². The zero-order valence-corrected chi connectivity index (χ0v) is 24.5. The molecular formula is C33H34F3N3O4. The minimum Gasteiger partial charge on any atom is -0.497 e. The lowest BCUT2D eigenvalue weighted by Crippen LogP contribution is -2.30. The van der Waals surface area contributed by atoms with Gasteiger partial charge in [-0.15, -0.1) is 0 Å². The Morgan fingerprint density at radius 2 is 1.67 bits per heavy atom. The van der Waals surface area contributed by atoms with Gasteiger partial charge in [-0.25, -0.2) is 0 Å². The number of carbonyl (C=O) groups excluding carboxylic acids is 2. The predicted octanol–water partition coefficient (Wildman–Crippen LogP) is 6.84. The maximum absolute atomic E-state index is 13.3. The lowest BCUT2D eigenvalue weighted by atomic mass is 10.1. The molecule has 0 saturated heterocycles. The molecule has 10 heteroatoms. The van der Waals surface area contributed by atoms with Gasteiger partial charge in [0.05, 0.1) is 31.8 Å². The van der Waals surface area contributed by atoms with Crippen LogP contribution in [0.5, 0.6) is 11.5 Å². The minimum absolute atomic E-state index is 0.0565. The van der Waals surface area contributed by atoms with E-state index >= 15 is 0 Å². The third-order valence-corrected chi connectivity index (χ3v) is 7.26. The molecular weight excluding hydrogens is 559 g/mol. The number of methoxy groups -OCH3 is 2. The van der Waals surface area contributed by atoms with Crippen LogP contribution in [0.2, 0.25) is 0 Å². The molecule has 0 atom stereocenters. The third kappa shape index (κ3) is 7.57. The molecule has 0 unspecified atom stereocenters. The number of nitrogens with zero attached hydrogens (tertiary/aromatic N) is 2. The quantitative estimate of drug-likeness (QED) is 0.207. The van der Waals surface area contributed by atoms with Crippen LogP contribution in [-0.4, -0.2) is 49.1 Å². The van der Waals surface area contributed by atoms with Gasteiger partial charge in [0, 0.05) is 42.8 Å². The van der Waals surface area contributed by atoms with Gasteiger partial charge in [0.15, 0.2) is 0 Å². The van der Waals surface area contributed by atoms with Crippen molar-refractivity contribution < 1.29 is 32.2 Å². The largest absolute Gasteiger partial charge is 0.497 e. The molecule has 0 saturated carbocycles. The van der Waals surface area contributed by atoms with E-state index in [1.165, 1.54) is 12.1 Å². The number of nitrogens with one attached hydrogen (secondary N) is 1. The standard InChI is InChI=1S/C33H34F3N3O4/c1-22-28(32(41)37-26-13-8-12-25(20-26)33(34,35)36)21-29(23-10-6-5-7-11-23)39(22)17-9-16-38(2)31(40)19-24-18-27(42-3)14-15-30(24)43-4/h5-8,10-15,18,20-21H,9,16-17,19H2,1-4H3,(H,37,41). The Morgan fingerprint density at radius 3 is 2.35 bits per heavy atom. The highest BCUT2D eigenvalue weighted by Crippen LogP contribution is 2.32. The molecule has 7 nitrogen and oxygen atoms in total. The fourth-order valence-electron chi connectivity index (χ4n) is 4.89. The van der Waals surface area contributed by atoms with Gasteiger partial charge >= 0.3 is 6.18 Å². The fourth-order valence-corrected chi connectivity index (χ4v) is 4.89. The van der Waals surface area contributed by atoms with Crippen molar-refractivity contribution in [3.63, 3.8) is 0 Å². The van der Waals surface area contributed by atoms with E-state index in [1.54, 1.807) is 57.4 Å². The van der Waals surface area contributed by atoms with Crippen LogP contribution in [0, 0.1) is 6.92 Å². The Morgan fingerprint density at radius 1 is 0.930 bits per heavy atom. The van der Waals surface area contributed by atoms with Gasteiger partial charge in [0.25, 0.3) is 5.91 Å². The average molecular weight is 594 g/mol. The molecule has 0 spiro atoms. The number of amides is 2. The highest BCUT2D eigenvalue weighted by molar-refractivity contribution is 6.06. The van der Waals surface area contributed by atoms with Crippen LogP contribution in [-0.2, 0) is 23.9 Å². The maximum Gasteiger partial charge on any atom is 0.416 e. The first-order valence-electron chi connectivity index (χ1n) is 13.7. The number of rotatable bonds is 11. The summed E-state index contributed by atoms with van der Waals surface area (Å²) in [6.07, 6.45) is -3.77. The summed E-state index contributed by atoms with van der Waals surface area (Å²) in [7, 11) is 4.85. The number of hydrogen-bond donors (Lipinski definition) is 1. The van der Waals surface area contributed by atoms with E-state index < -0.39 is 17.6 Å². The van der Waals surface area contributed by atoms with E-state index in [4.69, 9.17) is 9.47 Å². The number of anilines is 1. The molecule has 1 aromatic heterocycles. The monoisotopic (exact) mass is 593 g/mol. The summed E-state index contributed by atoms with van der Waals surface area (Å²) in [4.78, 5) is 27.9. The molecule has 0 aliphatic heterocycles. The van der Waals surface area contributed by atoms with Crippen molar-refractivity contribution in [3.8, 4) is 22.8 Å². The molecule has 226 valence electrons. The first-order valence-corrected chi connectivity index (χ1v) is 13.7. The third-order valence-electron chi connectivity index (χ3n) is 7.26. The highest BCUT2D eigenvalue weighted by Gasteiger charge is 2.30. The molecule has 0 bridgehead atoms. The van der Waals surface area contributed by atoms with Crippen LogP contribution in [0.25, 0.3) is 11.3 Å². The first-order chi connectivity index (χ1) is 20.5. The topological polar surface area (TPSA) is 72.8 Å². The van der Waals surface area contributed by atoms with E-state index in [2.05, 4.69) is 5.32 Å². The summed E-state index contributed by atoms with van der Waals surface area (Å²) < 4.78 is 52.2. The van der Waals surface area contributed by atoms with Crippen LogP contribution in [0.15, 0.2) is 78.9 Å². The van der Waals surface area contributed by atoms with Gasteiger partial charge in [-0.05, 0) is 61.4 Å². The van der Waals surface area contributed by atoms with E-state index in [-0.39, 0.29) is 18.0 Å². The Bertz CT molecular complexity index is 1580. The first kappa shape index (κ1) is 31.2. The van der Waals surface area contributed by atoms with Crippen molar-refractivity contribution in [3.05, 3.63) is 101 Å². The molecule has 4 rings (SSSR count). The average Bonchev–Trinajstić information content (AvgIpc) is 3.33. The van der Waals surface area contributed by atoms with Crippen LogP contribution in [0.3, 0.4) is 0 Å². The summed E-state index contributed by atoms with van der Waals surface area (Å²) in [6.45, 7) is 2.77. The van der Waals surface area contributed by atoms with Gasteiger partial charge in [-0.1, -0.05) is 36.4 Å². The zero-order chi connectivity index (χ0) is 31.1. The van der Waals surface area contributed by atoms with Crippen LogP contribution >= 0.6 is 0 Å². The zero-order valence-electron chi connectivity index (χ0n) is 24.5. The lowest BCUT2D eigenvalue weighted by Gasteiger charge is -2.19. The Balaban J connectivity index is 1.50. The number of carbonyl (C=O) groups is 2. The number of aromatic nitrogens is 1. The second-order valence-electron chi connectivity index (χ2n) is 10.1. The van der Waals surface area contributed by atoms with Gasteiger partial charge in [0.2, 0.25) is 5.91 Å². The van der Waals surface area contributed by atoms with Crippen molar-refractivity contribution in [2.24, 2.45) is 0 Å². The highest BCUT2D eigenvalue weighted by atomic mass is 19.4. The Labute approximate surface area is 248 Å². The van der Waals surface area contributed by atoms with E-state index in [0.29, 0.717) is 42.3 Å². The van der Waals surface area contributed by atoms with Gasteiger partial charge in [-0.2, -0.15) is 13.2 Å². The summed E-state index contributed by atoms with van der Waals surface area (Å²) in [6, 6.07) is 21.2. The Hall–Kier alpha value is -4.73. The SMILES string of the molecule is COc1ccc(OC)c(CC(=O)N(C)CCCn2c(-c3ccccc3)cc(C(=O)Nc3cccc(C(F)(F)F)c3)c2C)c1. The molecule has 2 amide bonds. The molecule has 43 heavy (non-hydrogen) atoms. The normalized spacial score (nSPS) is 11.2. The number of benzene rings is 3. The molecule has 4 aromatic rings. The van der Waals surface area contributed by atoms with E-state index in [9.17, 15) is 22.8 Å². The molecule has 0 aliphatic rings. The van der Waals surface area contributed by atoms with Crippen LogP contribution in [0.4, 0.5) is 18.9 Å². The van der Waals surface area contributed by atoms with Crippen molar-refractivity contribution in [2.75, 3.05) is 33.1 Å². The maximum atomic E-state index is 13.3. The predicted molar refractivity (Wildman–Crippen MR) is 160 cm³/mol. The number of alkyl halides is 3. The van der Waals surface area contributed by atoms with Crippen LogP contribution < -0.4 is 14.8 Å². The van der Waals surface area contributed by atoms with Crippen molar-refractivity contribution in [1.82, 2.24) is 9.47 Å². The van der Waals surface area contributed by atoms with Crippen molar-refractivity contribution >= 4 is 17.5 Å². The molecule has 1 N–H and O–H groups in total. The number of halogens is 3. The van der Waals surface area contributed by atoms with Gasteiger partial charge in [-0.3, -0.25) is 9.59 Å². The molecule has 1 heterocycles. The Kier molecular flexibility index (Phi) is 9.80. The van der Waals surface area contributed by atoms with Crippen molar-refractivity contribution in [2.45, 2.75) is 32.5 Å². The summed E-state index contributed by atoms with van der Waals surface area (Å²) in [5.74, 6) is 0.650. The molecule has 3 aromatic carbocycles. The van der Waals surface area contributed by atoms with E-state index in [1.807, 2.05) is 34.9 Å². The lowest BCUT2D eigenvalue weighted by molar-refractivity contribution is -0.137. The molecule has 0 radical (unpaired) electrons. The summed E-state index contributed by atoms with van der Waals surface area (Å²) in [5.41, 5.74) is 2.64. The second kappa shape index (κ2) is 13.5. The number of ether oxygens (including phenoxy) is 2. The number of likely N-dealkylation sites (N-methyl/N-ethyl adjacent to an activating group) is 1. The number of hydrogen-bond acceptors (Lipinski definition) is 4. The van der Waals surface area contributed by atoms with Crippen molar-refractivity contribution in [1.29, 1.82) is 0 Å². The summed E-state index contributed by atoms with van der Waals surface area (Å²) >= 11 is 0.